The predicted octanol–water partition coefficient (Wildman–Crippen LogP) is 8.09. The lowest BCUT2D eigenvalue weighted by Crippen LogP contribution is -2.58. The number of benzene rings is 3. The van der Waals surface area contributed by atoms with Gasteiger partial charge in [-0.2, -0.15) is 11.3 Å². The van der Waals surface area contributed by atoms with Crippen LogP contribution in [0.25, 0.3) is 0 Å². The van der Waals surface area contributed by atoms with Crippen molar-refractivity contribution in [1.29, 1.82) is 0 Å². The van der Waals surface area contributed by atoms with Gasteiger partial charge in [0, 0.05) is 24.0 Å². The summed E-state index contributed by atoms with van der Waals surface area (Å²) in [5.74, 6) is -0.963. The van der Waals surface area contributed by atoms with Crippen molar-refractivity contribution >= 4 is 63.9 Å². The normalized spacial score (nSPS) is 18.2. The van der Waals surface area contributed by atoms with E-state index in [-0.39, 0.29) is 19.0 Å². The number of thiophene rings is 1. The molecular formula is C34H32ClFN2O6S2. The van der Waals surface area contributed by atoms with Gasteiger partial charge < -0.3 is 19.5 Å². The van der Waals surface area contributed by atoms with Gasteiger partial charge in [0.1, 0.15) is 28.0 Å². The van der Waals surface area contributed by atoms with Crippen LogP contribution in [-0.2, 0) is 24.6 Å². The van der Waals surface area contributed by atoms with E-state index in [4.69, 9.17) is 25.8 Å². The summed E-state index contributed by atoms with van der Waals surface area (Å²) in [6, 6.07) is 19.2. The van der Waals surface area contributed by atoms with Gasteiger partial charge in [-0.1, -0.05) is 23.7 Å². The minimum Gasteiger partial charge on any atom is -0.467 e. The quantitative estimate of drug-likeness (QED) is 0.141. The average molecular weight is 683 g/mol. The fourth-order valence-corrected chi connectivity index (χ4v) is 7.07. The highest BCUT2D eigenvalue weighted by molar-refractivity contribution is 8.01. The number of nitrogens with one attached hydrogen (secondary N) is 1. The van der Waals surface area contributed by atoms with E-state index in [9.17, 15) is 18.8 Å². The highest BCUT2D eigenvalue weighted by Gasteiger charge is 2.49. The van der Waals surface area contributed by atoms with Gasteiger partial charge in [0.15, 0.2) is 12.6 Å². The van der Waals surface area contributed by atoms with Crippen LogP contribution in [-0.4, -0.2) is 42.5 Å². The van der Waals surface area contributed by atoms with Crippen LogP contribution in [0, 0.1) is 5.82 Å². The number of carbonyl (C=O) groups is 3. The molecule has 3 aromatic carbocycles. The van der Waals surface area contributed by atoms with Crippen molar-refractivity contribution in [2.24, 2.45) is 0 Å². The number of ether oxygens (including phenoxy) is 3. The lowest BCUT2D eigenvalue weighted by molar-refractivity contribution is -0.132. The number of hydrogen-bond donors (Lipinski definition) is 1. The Labute approximate surface area is 279 Å². The molecule has 1 fully saturated rings. The van der Waals surface area contributed by atoms with Crippen LogP contribution in [0.4, 0.5) is 20.6 Å². The molecule has 2 amide bonds. The molecule has 12 heteroatoms. The van der Waals surface area contributed by atoms with Crippen molar-refractivity contribution in [2.45, 2.75) is 48.5 Å². The number of methoxy groups -OCH3 is 1. The molecule has 1 aliphatic heterocycles. The first-order chi connectivity index (χ1) is 21.9. The zero-order chi connectivity index (χ0) is 33.1. The minimum atomic E-state index is -1.37. The fourth-order valence-electron chi connectivity index (χ4n) is 5.10. The van der Waals surface area contributed by atoms with Gasteiger partial charge in [-0.3, -0.25) is 9.59 Å². The van der Waals surface area contributed by atoms with Gasteiger partial charge in [0.05, 0.1) is 16.4 Å². The van der Waals surface area contributed by atoms with Crippen molar-refractivity contribution in [3.05, 3.63) is 106 Å². The van der Waals surface area contributed by atoms with Crippen molar-refractivity contribution in [1.82, 2.24) is 5.32 Å². The van der Waals surface area contributed by atoms with Crippen molar-refractivity contribution in [3.63, 3.8) is 0 Å². The van der Waals surface area contributed by atoms with Crippen LogP contribution < -0.4 is 15.0 Å². The first kappa shape index (κ1) is 33.5. The fraction of sp³-hybridized carbons (Fsp3) is 0.265. The Morgan fingerprint density at radius 1 is 1.09 bits per heavy atom. The number of Topliss-reactive ketones (excluding diaryl/α,β-unsaturated/α-hetero) is 1. The van der Waals surface area contributed by atoms with E-state index in [0.717, 1.165) is 11.8 Å². The number of nitrogens with zero attached hydrogens (tertiary/aromatic N) is 1. The molecule has 0 radical (unpaired) electrons. The number of hydrogen-bond acceptors (Lipinski definition) is 8. The lowest BCUT2D eigenvalue weighted by atomic mass is 9.76. The van der Waals surface area contributed by atoms with Gasteiger partial charge in [-0.25, -0.2) is 14.1 Å². The van der Waals surface area contributed by atoms with E-state index in [1.807, 2.05) is 16.8 Å². The third kappa shape index (κ3) is 7.23. The van der Waals surface area contributed by atoms with Gasteiger partial charge >= 0.3 is 6.09 Å². The van der Waals surface area contributed by atoms with E-state index in [0.29, 0.717) is 38.2 Å². The van der Waals surface area contributed by atoms with Gasteiger partial charge in [0.25, 0.3) is 0 Å². The third-order valence-corrected chi connectivity index (χ3v) is 9.52. The Kier molecular flexibility index (Phi) is 10.1. The second-order valence-corrected chi connectivity index (χ2v) is 13.8. The highest BCUT2D eigenvalue weighted by Crippen LogP contribution is 2.46. The van der Waals surface area contributed by atoms with E-state index in [1.165, 1.54) is 47.6 Å². The maximum atomic E-state index is 14.0. The molecule has 2 atom stereocenters. The number of amides is 2. The number of ketones is 1. The third-order valence-electron chi connectivity index (χ3n) is 7.08. The number of carbonyl (C=O) groups excluding carboxylic acids is 3. The van der Waals surface area contributed by atoms with Crippen LogP contribution in [0.1, 0.15) is 38.3 Å². The molecule has 0 aliphatic carbocycles. The van der Waals surface area contributed by atoms with Crippen molar-refractivity contribution in [3.8, 4) is 5.75 Å². The maximum absolute atomic E-state index is 14.0. The molecule has 0 bridgehead atoms. The Morgan fingerprint density at radius 3 is 2.43 bits per heavy atom. The SMILES string of the molecule is COCOc1ccc(N(C(=O)OC(C)(C)C)c2ccc(F)cc2)cc1C1(c2ccsc2)CC(=O)C(Sc2ccccc2Cl)C(=O)N1. The Balaban J connectivity index is 1.65. The molecule has 1 saturated heterocycles. The summed E-state index contributed by atoms with van der Waals surface area (Å²) in [4.78, 5) is 43.4. The van der Waals surface area contributed by atoms with Gasteiger partial charge in [-0.15, -0.1) is 11.8 Å². The summed E-state index contributed by atoms with van der Waals surface area (Å²) in [6.07, 6.45) is -0.826. The number of anilines is 2. The zero-order valence-electron chi connectivity index (χ0n) is 25.5. The van der Waals surface area contributed by atoms with Crippen molar-refractivity contribution in [2.75, 3.05) is 18.8 Å². The number of thioether (sulfide) groups is 1. The summed E-state index contributed by atoms with van der Waals surface area (Å²) >= 11 is 8.86. The summed E-state index contributed by atoms with van der Waals surface area (Å²) < 4.78 is 30.8. The summed E-state index contributed by atoms with van der Waals surface area (Å²) in [5, 5.41) is 6.24. The van der Waals surface area contributed by atoms with Gasteiger partial charge in [0.2, 0.25) is 5.91 Å². The van der Waals surface area contributed by atoms with Crippen LogP contribution in [0.15, 0.2) is 88.5 Å². The van der Waals surface area contributed by atoms with E-state index >= 15 is 0 Å². The lowest BCUT2D eigenvalue weighted by Gasteiger charge is -2.41. The van der Waals surface area contributed by atoms with Gasteiger partial charge in [-0.05, 0) is 97.8 Å². The smallest absolute Gasteiger partial charge is 0.419 e. The second-order valence-electron chi connectivity index (χ2n) is 11.5. The molecule has 1 aliphatic rings. The van der Waals surface area contributed by atoms with Crippen LogP contribution in [0.3, 0.4) is 0 Å². The molecule has 1 N–H and O–H groups in total. The first-order valence-corrected chi connectivity index (χ1v) is 16.5. The van der Waals surface area contributed by atoms with Crippen molar-refractivity contribution < 1.29 is 33.0 Å². The molecule has 5 rings (SSSR count). The Morgan fingerprint density at radius 2 is 1.80 bits per heavy atom. The van der Waals surface area contributed by atoms with E-state index in [1.54, 1.807) is 63.2 Å². The topological polar surface area (TPSA) is 94.2 Å². The molecule has 240 valence electrons. The Bertz CT molecular complexity index is 1710. The predicted molar refractivity (Wildman–Crippen MR) is 178 cm³/mol. The van der Waals surface area contributed by atoms with Crippen LogP contribution in [0.5, 0.6) is 5.75 Å². The molecule has 1 aromatic heterocycles. The Hall–Kier alpha value is -3.90. The summed E-state index contributed by atoms with van der Waals surface area (Å²) in [7, 11) is 1.48. The number of piperidine rings is 1. The molecule has 8 nitrogen and oxygen atoms in total. The summed E-state index contributed by atoms with van der Waals surface area (Å²) in [6.45, 7) is 5.11. The molecule has 2 heterocycles. The number of halogens is 2. The second kappa shape index (κ2) is 13.8. The molecular weight excluding hydrogens is 651 g/mol. The molecule has 4 aromatic rings. The van der Waals surface area contributed by atoms with E-state index < -0.39 is 34.2 Å². The molecule has 0 saturated carbocycles. The largest absolute Gasteiger partial charge is 0.467 e. The monoisotopic (exact) mass is 682 g/mol. The summed E-state index contributed by atoms with van der Waals surface area (Å²) in [5.41, 5.74) is -0.450. The standard InChI is InChI=1S/C34H32ClFN2O6S2/c1-33(2,3)44-32(41)38(23-11-9-22(36)10-12-23)24-13-14-28(43-20-42-4)25(17-24)34(21-15-16-45-19-21)18-27(39)30(31(40)37-34)46-29-8-6-5-7-26(29)35/h5-17,19,30H,18,20H2,1-4H3,(H,37,40). The highest BCUT2D eigenvalue weighted by atomic mass is 35.5. The first-order valence-electron chi connectivity index (χ1n) is 14.3. The zero-order valence-corrected chi connectivity index (χ0v) is 27.9. The average Bonchev–Trinajstić information content (AvgIpc) is 3.55. The van der Waals surface area contributed by atoms with Crippen LogP contribution >= 0.6 is 34.7 Å². The van der Waals surface area contributed by atoms with Crippen LogP contribution in [0.2, 0.25) is 5.02 Å². The maximum Gasteiger partial charge on any atom is 0.419 e. The molecule has 2 unspecified atom stereocenters. The number of rotatable bonds is 9. The van der Waals surface area contributed by atoms with E-state index in [2.05, 4.69) is 5.32 Å². The molecule has 46 heavy (non-hydrogen) atoms. The molecule has 0 spiro atoms. The minimum absolute atomic E-state index is 0.118.